The van der Waals surface area contributed by atoms with Crippen molar-refractivity contribution in [2.24, 2.45) is 5.92 Å². The van der Waals surface area contributed by atoms with Crippen molar-refractivity contribution in [3.05, 3.63) is 29.8 Å². The molecule has 1 aliphatic heterocycles. The highest BCUT2D eigenvalue weighted by Crippen LogP contribution is 2.25. The molecule has 0 saturated carbocycles. The maximum absolute atomic E-state index is 9.68. The van der Waals surface area contributed by atoms with Crippen molar-refractivity contribution in [3.63, 3.8) is 0 Å². The molecule has 112 valence electrons. The highest BCUT2D eigenvalue weighted by molar-refractivity contribution is 5.29. The zero-order chi connectivity index (χ0) is 14.5. The summed E-state index contributed by atoms with van der Waals surface area (Å²) < 4.78 is 0. The van der Waals surface area contributed by atoms with E-state index in [0.29, 0.717) is 23.8 Å². The van der Waals surface area contributed by atoms with Crippen molar-refractivity contribution in [2.45, 2.75) is 45.7 Å². The molecule has 2 unspecified atom stereocenters. The highest BCUT2D eigenvalue weighted by Gasteiger charge is 2.23. The Balaban J connectivity index is 2.07. The van der Waals surface area contributed by atoms with Crippen molar-refractivity contribution in [1.29, 1.82) is 0 Å². The molecule has 1 aliphatic rings. The van der Waals surface area contributed by atoms with E-state index in [4.69, 9.17) is 0 Å². The fraction of sp³-hybridized carbons (Fsp3) is 0.647. The van der Waals surface area contributed by atoms with Crippen LogP contribution in [0.25, 0.3) is 0 Å². The van der Waals surface area contributed by atoms with Crippen molar-refractivity contribution >= 4 is 0 Å². The molecular formula is C17H28N2O. The van der Waals surface area contributed by atoms with E-state index in [-0.39, 0.29) is 0 Å². The molecular weight excluding hydrogens is 248 g/mol. The van der Waals surface area contributed by atoms with Gasteiger partial charge in [-0.3, -0.25) is 4.90 Å². The van der Waals surface area contributed by atoms with E-state index < -0.39 is 0 Å². The number of aromatic hydroxyl groups is 1. The number of rotatable bonds is 6. The van der Waals surface area contributed by atoms with Gasteiger partial charge in [-0.25, -0.2) is 0 Å². The van der Waals surface area contributed by atoms with E-state index in [1.54, 1.807) is 6.07 Å². The van der Waals surface area contributed by atoms with E-state index in [1.807, 2.05) is 12.1 Å². The summed E-state index contributed by atoms with van der Waals surface area (Å²) in [5, 5.41) is 13.3. The summed E-state index contributed by atoms with van der Waals surface area (Å²) >= 11 is 0. The van der Waals surface area contributed by atoms with Crippen LogP contribution in [0.4, 0.5) is 0 Å². The standard InChI is InChI=1S/C17H28N2O/c1-13(2)11-19(12-16-7-5-9-18-16)14(3)15-6-4-8-17(20)10-15/h4,6,8,10,13-14,16,18,20H,5,7,9,11-12H2,1-3H3. The molecule has 1 aromatic rings. The Kier molecular flexibility index (Phi) is 5.44. The minimum absolute atomic E-state index is 0.340. The lowest BCUT2D eigenvalue weighted by Gasteiger charge is -2.33. The van der Waals surface area contributed by atoms with E-state index in [1.165, 1.54) is 18.4 Å². The van der Waals surface area contributed by atoms with Crippen LogP contribution in [0, 0.1) is 5.92 Å². The topological polar surface area (TPSA) is 35.5 Å². The summed E-state index contributed by atoms with van der Waals surface area (Å²) in [5.74, 6) is 1.01. The monoisotopic (exact) mass is 276 g/mol. The maximum Gasteiger partial charge on any atom is 0.115 e. The number of hydrogen-bond donors (Lipinski definition) is 2. The third-order valence-corrected chi connectivity index (χ3v) is 4.12. The molecule has 1 fully saturated rings. The average Bonchev–Trinajstić information content (AvgIpc) is 2.89. The van der Waals surface area contributed by atoms with Gasteiger partial charge in [0.05, 0.1) is 0 Å². The molecule has 2 rings (SSSR count). The van der Waals surface area contributed by atoms with Crippen molar-refractivity contribution in [2.75, 3.05) is 19.6 Å². The fourth-order valence-electron chi connectivity index (χ4n) is 3.05. The SMILES string of the molecule is CC(C)CN(CC1CCCN1)C(C)c1cccc(O)c1. The van der Waals surface area contributed by atoms with Gasteiger partial charge in [-0.1, -0.05) is 26.0 Å². The first kappa shape index (κ1) is 15.3. The second kappa shape index (κ2) is 7.09. The van der Waals surface area contributed by atoms with Crippen molar-refractivity contribution < 1.29 is 5.11 Å². The molecule has 2 atom stereocenters. The smallest absolute Gasteiger partial charge is 0.115 e. The quantitative estimate of drug-likeness (QED) is 0.838. The molecule has 0 bridgehead atoms. The Hall–Kier alpha value is -1.06. The van der Waals surface area contributed by atoms with Crippen LogP contribution in [0.1, 0.15) is 45.2 Å². The predicted molar refractivity (Wildman–Crippen MR) is 84.0 cm³/mol. The largest absolute Gasteiger partial charge is 0.508 e. The molecule has 0 aromatic heterocycles. The summed E-state index contributed by atoms with van der Waals surface area (Å²) in [5.41, 5.74) is 1.20. The van der Waals surface area contributed by atoms with Crippen LogP contribution >= 0.6 is 0 Å². The lowest BCUT2D eigenvalue weighted by molar-refractivity contribution is 0.171. The van der Waals surface area contributed by atoms with Crippen LogP contribution in [0.2, 0.25) is 0 Å². The molecule has 0 spiro atoms. The van der Waals surface area contributed by atoms with Gasteiger partial charge in [-0.05, 0) is 49.9 Å². The lowest BCUT2D eigenvalue weighted by atomic mass is 10.0. The molecule has 1 saturated heterocycles. The minimum Gasteiger partial charge on any atom is -0.508 e. The Bertz CT molecular complexity index is 413. The molecule has 0 amide bonds. The number of nitrogens with one attached hydrogen (secondary N) is 1. The zero-order valence-corrected chi connectivity index (χ0v) is 13.0. The number of nitrogens with zero attached hydrogens (tertiary/aromatic N) is 1. The number of benzene rings is 1. The van der Waals surface area contributed by atoms with Gasteiger partial charge in [0.2, 0.25) is 0 Å². The molecule has 1 aromatic carbocycles. The molecule has 3 heteroatoms. The second-order valence-corrected chi connectivity index (χ2v) is 6.41. The first-order chi connectivity index (χ1) is 9.56. The summed E-state index contributed by atoms with van der Waals surface area (Å²) in [6.45, 7) is 10.1. The van der Waals surface area contributed by atoms with Gasteiger partial charge in [-0.2, -0.15) is 0 Å². The van der Waals surface area contributed by atoms with Crippen molar-refractivity contribution in [1.82, 2.24) is 10.2 Å². The Morgan fingerprint density at radius 2 is 2.15 bits per heavy atom. The Morgan fingerprint density at radius 1 is 1.35 bits per heavy atom. The molecule has 0 aliphatic carbocycles. The first-order valence-corrected chi connectivity index (χ1v) is 7.82. The molecule has 0 radical (unpaired) electrons. The highest BCUT2D eigenvalue weighted by atomic mass is 16.3. The zero-order valence-electron chi connectivity index (χ0n) is 13.0. The molecule has 3 nitrogen and oxygen atoms in total. The number of phenolic OH excluding ortho intramolecular Hbond substituents is 1. The van der Waals surface area contributed by atoms with Crippen LogP contribution in [0.5, 0.6) is 5.75 Å². The third kappa shape index (κ3) is 4.22. The third-order valence-electron chi connectivity index (χ3n) is 4.12. The van der Waals surface area contributed by atoms with Gasteiger partial charge in [0.25, 0.3) is 0 Å². The lowest BCUT2D eigenvalue weighted by Crippen LogP contribution is -2.40. The van der Waals surface area contributed by atoms with Gasteiger partial charge < -0.3 is 10.4 Å². The van der Waals surface area contributed by atoms with E-state index in [9.17, 15) is 5.11 Å². The summed E-state index contributed by atoms with van der Waals surface area (Å²) in [7, 11) is 0. The van der Waals surface area contributed by atoms with Gasteiger partial charge in [0.1, 0.15) is 5.75 Å². The molecule has 1 heterocycles. The Labute approximate surface area is 123 Å². The normalized spacial score (nSPS) is 20.8. The van der Waals surface area contributed by atoms with Crippen LogP contribution in [0.3, 0.4) is 0 Å². The average molecular weight is 276 g/mol. The predicted octanol–water partition coefficient (Wildman–Crippen LogP) is 3.16. The van der Waals surface area contributed by atoms with Crippen LogP contribution in [0.15, 0.2) is 24.3 Å². The first-order valence-electron chi connectivity index (χ1n) is 7.82. The van der Waals surface area contributed by atoms with E-state index in [2.05, 4.69) is 37.1 Å². The fourth-order valence-corrected chi connectivity index (χ4v) is 3.05. The van der Waals surface area contributed by atoms with Crippen molar-refractivity contribution in [3.8, 4) is 5.75 Å². The van der Waals surface area contributed by atoms with Gasteiger partial charge in [0.15, 0.2) is 0 Å². The number of phenols is 1. The van der Waals surface area contributed by atoms with Crippen LogP contribution in [-0.4, -0.2) is 35.7 Å². The summed E-state index contributed by atoms with van der Waals surface area (Å²) in [6.07, 6.45) is 2.57. The van der Waals surface area contributed by atoms with Crippen LogP contribution < -0.4 is 5.32 Å². The van der Waals surface area contributed by atoms with E-state index >= 15 is 0 Å². The maximum atomic E-state index is 9.68. The molecule has 20 heavy (non-hydrogen) atoms. The van der Waals surface area contributed by atoms with Gasteiger partial charge in [-0.15, -0.1) is 0 Å². The van der Waals surface area contributed by atoms with Gasteiger partial charge in [0, 0.05) is 25.2 Å². The summed E-state index contributed by atoms with van der Waals surface area (Å²) in [6, 6.07) is 8.63. The Morgan fingerprint density at radius 3 is 2.75 bits per heavy atom. The molecule has 2 N–H and O–H groups in total. The van der Waals surface area contributed by atoms with Crippen LogP contribution in [-0.2, 0) is 0 Å². The number of hydrogen-bond acceptors (Lipinski definition) is 3. The van der Waals surface area contributed by atoms with E-state index in [0.717, 1.165) is 19.6 Å². The minimum atomic E-state index is 0.340. The van der Waals surface area contributed by atoms with Gasteiger partial charge >= 0.3 is 0 Å². The summed E-state index contributed by atoms with van der Waals surface area (Å²) in [4.78, 5) is 2.54. The second-order valence-electron chi connectivity index (χ2n) is 6.41.